The molecule has 86 valence electrons. The van der Waals surface area contributed by atoms with Crippen LogP contribution in [-0.4, -0.2) is 18.1 Å². The highest BCUT2D eigenvalue weighted by Crippen LogP contribution is 2.09. The molecular formula is C12H17N3O. The second-order valence-corrected chi connectivity index (χ2v) is 3.41. The molecule has 0 fully saturated rings. The lowest BCUT2D eigenvalue weighted by molar-refractivity contribution is 0.397. The summed E-state index contributed by atoms with van der Waals surface area (Å²) in [5.41, 5.74) is 3.87. The predicted octanol–water partition coefficient (Wildman–Crippen LogP) is 0.878. The fraction of sp³-hybridized carbons (Fsp3) is 0.417. The predicted molar refractivity (Wildman–Crippen MR) is 63.7 cm³/mol. The zero-order valence-electron chi connectivity index (χ0n) is 9.66. The number of hydrogen-bond donors (Lipinski definition) is 2. The van der Waals surface area contributed by atoms with Gasteiger partial charge in [-0.25, -0.2) is 4.98 Å². The molecule has 1 aromatic rings. The van der Waals surface area contributed by atoms with E-state index in [1.807, 2.05) is 19.1 Å². The van der Waals surface area contributed by atoms with Crippen LogP contribution >= 0.6 is 0 Å². The van der Waals surface area contributed by atoms with Crippen molar-refractivity contribution in [3.8, 4) is 17.7 Å². The van der Waals surface area contributed by atoms with Crippen LogP contribution in [-0.2, 0) is 6.42 Å². The Hall–Kier alpha value is -1.57. The Kier molecular flexibility index (Phi) is 5.34. The first-order valence-electron chi connectivity index (χ1n) is 5.14. The molecule has 0 spiro atoms. The van der Waals surface area contributed by atoms with E-state index in [1.54, 1.807) is 13.3 Å². The Labute approximate surface area is 96.2 Å². The summed E-state index contributed by atoms with van der Waals surface area (Å²) in [7, 11) is 1.60. The normalized spacial score (nSPS) is 11.4. The number of hydrogen-bond acceptors (Lipinski definition) is 4. The quantitative estimate of drug-likeness (QED) is 0.438. The van der Waals surface area contributed by atoms with Gasteiger partial charge in [-0.2, -0.15) is 0 Å². The summed E-state index contributed by atoms with van der Waals surface area (Å²) in [6.45, 7) is 1.82. The fourth-order valence-corrected chi connectivity index (χ4v) is 1.35. The third-order valence-electron chi connectivity index (χ3n) is 2.25. The van der Waals surface area contributed by atoms with E-state index in [-0.39, 0.29) is 6.04 Å². The van der Waals surface area contributed by atoms with Crippen LogP contribution in [0.2, 0.25) is 0 Å². The van der Waals surface area contributed by atoms with Gasteiger partial charge < -0.3 is 4.74 Å². The monoisotopic (exact) mass is 219 g/mol. The number of rotatable bonds is 5. The number of aromatic nitrogens is 1. The number of nitrogens with two attached hydrogens (primary N) is 1. The fourth-order valence-electron chi connectivity index (χ4n) is 1.35. The van der Waals surface area contributed by atoms with Crippen LogP contribution in [0.4, 0.5) is 0 Å². The van der Waals surface area contributed by atoms with Crippen molar-refractivity contribution < 1.29 is 4.74 Å². The second kappa shape index (κ2) is 6.83. The lowest BCUT2D eigenvalue weighted by atomic mass is 10.1. The van der Waals surface area contributed by atoms with Gasteiger partial charge >= 0.3 is 0 Å². The van der Waals surface area contributed by atoms with Gasteiger partial charge in [0, 0.05) is 24.7 Å². The van der Waals surface area contributed by atoms with E-state index in [4.69, 9.17) is 10.6 Å². The topological polar surface area (TPSA) is 60.2 Å². The van der Waals surface area contributed by atoms with Crippen LogP contribution in [0, 0.1) is 11.8 Å². The molecule has 0 radical (unpaired) electrons. The van der Waals surface area contributed by atoms with E-state index in [0.717, 1.165) is 18.4 Å². The summed E-state index contributed by atoms with van der Waals surface area (Å²) in [5, 5.41) is 0. The van der Waals surface area contributed by atoms with Crippen molar-refractivity contribution >= 4 is 0 Å². The van der Waals surface area contributed by atoms with Crippen LogP contribution in [0.25, 0.3) is 0 Å². The van der Waals surface area contributed by atoms with Crippen molar-refractivity contribution in [3.05, 3.63) is 23.9 Å². The molecule has 3 N–H and O–H groups in total. The molecule has 1 atom stereocenters. The highest BCUT2D eigenvalue weighted by molar-refractivity contribution is 5.19. The molecule has 1 heterocycles. The Balaban J connectivity index is 2.58. The van der Waals surface area contributed by atoms with Crippen molar-refractivity contribution in [1.82, 2.24) is 10.4 Å². The van der Waals surface area contributed by atoms with Crippen molar-refractivity contribution in [3.63, 3.8) is 0 Å². The summed E-state index contributed by atoms with van der Waals surface area (Å²) < 4.78 is 4.99. The molecule has 0 aliphatic heterocycles. The molecule has 1 unspecified atom stereocenters. The second-order valence-electron chi connectivity index (χ2n) is 3.41. The Morgan fingerprint density at radius 2 is 2.38 bits per heavy atom. The zero-order chi connectivity index (χ0) is 11.8. The highest BCUT2D eigenvalue weighted by atomic mass is 16.5. The minimum Gasteiger partial charge on any atom is -0.481 e. The first-order valence-corrected chi connectivity index (χ1v) is 5.14. The van der Waals surface area contributed by atoms with E-state index in [0.29, 0.717) is 5.88 Å². The van der Waals surface area contributed by atoms with Gasteiger partial charge in [-0.3, -0.25) is 11.3 Å². The minimum atomic E-state index is 0.155. The van der Waals surface area contributed by atoms with E-state index >= 15 is 0 Å². The van der Waals surface area contributed by atoms with Crippen LogP contribution in [0.1, 0.15) is 18.9 Å². The smallest absolute Gasteiger partial charge is 0.212 e. The molecule has 0 saturated carbocycles. The van der Waals surface area contributed by atoms with Crippen LogP contribution in [0.5, 0.6) is 5.88 Å². The van der Waals surface area contributed by atoms with Crippen molar-refractivity contribution in [1.29, 1.82) is 0 Å². The molecule has 0 aliphatic rings. The number of nitrogens with zero attached hydrogens (tertiary/aromatic N) is 1. The Morgan fingerprint density at radius 3 is 2.88 bits per heavy atom. The lowest BCUT2D eigenvalue weighted by Gasteiger charge is -2.12. The average Bonchev–Trinajstić information content (AvgIpc) is 2.35. The number of ether oxygens (including phenoxy) is 1. The molecule has 0 amide bonds. The standard InChI is InChI=1S/C12H17N3O/c1-3-4-5-11(15-13)8-10-6-7-12(16-2)14-9-10/h6-7,9,11,15H,5,8,13H2,1-2H3. The van der Waals surface area contributed by atoms with E-state index < -0.39 is 0 Å². The van der Waals surface area contributed by atoms with Crippen LogP contribution < -0.4 is 16.0 Å². The molecule has 16 heavy (non-hydrogen) atoms. The molecular weight excluding hydrogens is 202 g/mol. The summed E-state index contributed by atoms with van der Waals surface area (Å²) in [5.74, 6) is 11.9. The zero-order valence-corrected chi connectivity index (χ0v) is 9.66. The van der Waals surface area contributed by atoms with E-state index in [9.17, 15) is 0 Å². The lowest BCUT2D eigenvalue weighted by Crippen LogP contribution is -2.36. The van der Waals surface area contributed by atoms with Gasteiger partial charge in [0.25, 0.3) is 0 Å². The van der Waals surface area contributed by atoms with Gasteiger partial charge in [0.15, 0.2) is 0 Å². The molecule has 0 aromatic carbocycles. The number of methoxy groups -OCH3 is 1. The molecule has 4 nitrogen and oxygen atoms in total. The average molecular weight is 219 g/mol. The van der Waals surface area contributed by atoms with E-state index in [1.165, 1.54) is 0 Å². The third-order valence-corrected chi connectivity index (χ3v) is 2.25. The molecule has 0 bridgehead atoms. The number of hydrazine groups is 1. The van der Waals surface area contributed by atoms with E-state index in [2.05, 4.69) is 22.3 Å². The summed E-state index contributed by atoms with van der Waals surface area (Å²) >= 11 is 0. The molecule has 0 saturated heterocycles. The maximum absolute atomic E-state index is 5.45. The minimum absolute atomic E-state index is 0.155. The van der Waals surface area contributed by atoms with Crippen molar-refractivity contribution in [2.45, 2.75) is 25.8 Å². The third kappa shape index (κ3) is 3.89. The largest absolute Gasteiger partial charge is 0.481 e. The molecule has 1 rings (SSSR count). The first kappa shape index (κ1) is 12.5. The van der Waals surface area contributed by atoms with Crippen LogP contribution in [0.15, 0.2) is 18.3 Å². The molecule has 1 aromatic heterocycles. The SMILES string of the molecule is CC#CCC(Cc1ccc(OC)nc1)NN. The summed E-state index contributed by atoms with van der Waals surface area (Å²) in [6, 6.07) is 3.98. The van der Waals surface area contributed by atoms with Gasteiger partial charge in [-0.05, 0) is 18.9 Å². The van der Waals surface area contributed by atoms with Gasteiger partial charge in [0.2, 0.25) is 5.88 Å². The Morgan fingerprint density at radius 1 is 1.56 bits per heavy atom. The maximum Gasteiger partial charge on any atom is 0.212 e. The van der Waals surface area contributed by atoms with Crippen molar-refractivity contribution in [2.24, 2.45) is 5.84 Å². The maximum atomic E-state index is 5.45. The first-order chi connectivity index (χ1) is 7.80. The highest BCUT2D eigenvalue weighted by Gasteiger charge is 2.06. The number of pyridine rings is 1. The van der Waals surface area contributed by atoms with Gasteiger partial charge in [0.05, 0.1) is 7.11 Å². The summed E-state index contributed by atoms with van der Waals surface area (Å²) in [4.78, 5) is 4.14. The number of nitrogens with one attached hydrogen (secondary N) is 1. The molecule has 0 aliphatic carbocycles. The molecule has 4 heteroatoms. The summed E-state index contributed by atoms with van der Waals surface area (Å²) in [6.07, 6.45) is 3.34. The van der Waals surface area contributed by atoms with Crippen molar-refractivity contribution in [2.75, 3.05) is 7.11 Å². The van der Waals surface area contributed by atoms with Gasteiger partial charge in [-0.15, -0.1) is 11.8 Å². The van der Waals surface area contributed by atoms with Crippen LogP contribution in [0.3, 0.4) is 0 Å². The Bertz CT molecular complexity index is 364. The van der Waals surface area contributed by atoms with Gasteiger partial charge in [-0.1, -0.05) is 6.07 Å². The van der Waals surface area contributed by atoms with Gasteiger partial charge in [0.1, 0.15) is 0 Å².